The van der Waals surface area contributed by atoms with Crippen LogP contribution in [0.15, 0.2) is 42.6 Å². The Hall–Kier alpha value is -2.16. The van der Waals surface area contributed by atoms with Crippen molar-refractivity contribution < 1.29 is 4.79 Å². The molecular formula is C18H22N2O. The first-order valence-electron chi connectivity index (χ1n) is 7.30. The number of carbonyl (C=O) groups is 1. The lowest BCUT2D eigenvalue weighted by atomic mass is 9.99. The maximum atomic E-state index is 12.2. The van der Waals surface area contributed by atoms with E-state index in [1.165, 1.54) is 5.56 Å². The van der Waals surface area contributed by atoms with Gasteiger partial charge in [-0.15, -0.1) is 0 Å². The number of aryl methyl sites for hydroxylation is 1. The van der Waals surface area contributed by atoms with Gasteiger partial charge in [-0.25, -0.2) is 0 Å². The van der Waals surface area contributed by atoms with Crippen LogP contribution in [0.4, 0.5) is 0 Å². The van der Waals surface area contributed by atoms with E-state index in [9.17, 15) is 4.79 Å². The van der Waals surface area contributed by atoms with Crippen molar-refractivity contribution in [3.63, 3.8) is 0 Å². The Morgan fingerprint density at radius 2 is 1.62 bits per heavy atom. The quantitative estimate of drug-likeness (QED) is 0.920. The van der Waals surface area contributed by atoms with Crippen LogP contribution >= 0.6 is 0 Å². The number of hydrogen-bond donors (Lipinski definition) is 1. The number of rotatable bonds is 4. The molecule has 0 bridgehead atoms. The van der Waals surface area contributed by atoms with Crippen molar-refractivity contribution in [1.82, 2.24) is 10.3 Å². The molecule has 1 unspecified atom stereocenters. The standard InChI is InChI=1S/C18H22N2O/c1-12(2)15-7-9-16(10-8-15)14(4)20-18(21)17-6-5-13(3)19-11-17/h5-12,14H,1-4H3,(H,20,21). The molecule has 3 nitrogen and oxygen atoms in total. The van der Waals surface area contributed by atoms with E-state index in [1.807, 2.05) is 19.9 Å². The number of carbonyl (C=O) groups excluding carboxylic acids is 1. The first kappa shape index (κ1) is 15.2. The van der Waals surface area contributed by atoms with E-state index in [2.05, 4.69) is 48.4 Å². The molecule has 1 aromatic heterocycles. The van der Waals surface area contributed by atoms with Crippen molar-refractivity contribution in [2.45, 2.75) is 39.7 Å². The van der Waals surface area contributed by atoms with Crippen LogP contribution in [0.3, 0.4) is 0 Å². The Bertz CT molecular complexity index is 600. The van der Waals surface area contributed by atoms with Crippen LogP contribution < -0.4 is 5.32 Å². The molecule has 1 heterocycles. The monoisotopic (exact) mass is 282 g/mol. The minimum absolute atomic E-state index is 0.0278. The van der Waals surface area contributed by atoms with Crippen LogP contribution in [0.2, 0.25) is 0 Å². The van der Waals surface area contributed by atoms with Gasteiger partial charge in [-0.3, -0.25) is 9.78 Å². The fourth-order valence-electron chi connectivity index (χ4n) is 2.14. The summed E-state index contributed by atoms with van der Waals surface area (Å²) in [6, 6.07) is 12.0. The summed E-state index contributed by atoms with van der Waals surface area (Å²) in [5, 5.41) is 3.00. The first-order chi connectivity index (χ1) is 9.97. The van der Waals surface area contributed by atoms with Gasteiger partial charge in [0.2, 0.25) is 0 Å². The molecule has 0 aliphatic carbocycles. The number of nitrogens with one attached hydrogen (secondary N) is 1. The van der Waals surface area contributed by atoms with E-state index in [1.54, 1.807) is 12.3 Å². The normalized spacial score (nSPS) is 12.2. The van der Waals surface area contributed by atoms with E-state index < -0.39 is 0 Å². The van der Waals surface area contributed by atoms with Crippen LogP contribution in [0.5, 0.6) is 0 Å². The lowest BCUT2D eigenvalue weighted by Crippen LogP contribution is -2.26. The molecule has 0 fully saturated rings. The van der Waals surface area contributed by atoms with Gasteiger partial charge in [-0.05, 0) is 43.0 Å². The van der Waals surface area contributed by atoms with Crippen molar-refractivity contribution in [3.8, 4) is 0 Å². The van der Waals surface area contributed by atoms with Crippen molar-refractivity contribution in [2.75, 3.05) is 0 Å². The van der Waals surface area contributed by atoms with Gasteiger partial charge in [0, 0.05) is 11.9 Å². The van der Waals surface area contributed by atoms with Crippen LogP contribution in [0.1, 0.15) is 59.9 Å². The zero-order chi connectivity index (χ0) is 15.4. The molecule has 0 saturated carbocycles. The van der Waals surface area contributed by atoms with Crippen molar-refractivity contribution in [1.29, 1.82) is 0 Å². The smallest absolute Gasteiger partial charge is 0.253 e. The van der Waals surface area contributed by atoms with Gasteiger partial charge in [0.1, 0.15) is 0 Å². The van der Waals surface area contributed by atoms with E-state index in [4.69, 9.17) is 0 Å². The van der Waals surface area contributed by atoms with Gasteiger partial charge in [0.25, 0.3) is 5.91 Å². The SMILES string of the molecule is Cc1ccc(C(=O)NC(C)c2ccc(C(C)C)cc2)cn1. The number of aromatic nitrogens is 1. The largest absolute Gasteiger partial charge is 0.345 e. The Balaban J connectivity index is 2.05. The third-order valence-electron chi connectivity index (χ3n) is 3.62. The number of pyridine rings is 1. The summed E-state index contributed by atoms with van der Waals surface area (Å²) in [6.07, 6.45) is 1.61. The van der Waals surface area contributed by atoms with Crippen molar-refractivity contribution >= 4 is 5.91 Å². The fraction of sp³-hybridized carbons (Fsp3) is 0.333. The Labute approximate surface area is 126 Å². The molecule has 0 radical (unpaired) electrons. The van der Waals surface area contributed by atoms with Gasteiger partial charge in [-0.2, -0.15) is 0 Å². The lowest BCUT2D eigenvalue weighted by Gasteiger charge is -2.15. The molecule has 0 saturated heterocycles. The van der Waals surface area contributed by atoms with Gasteiger partial charge in [-0.1, -0.05) is 38.1 Å². The van der Waals surface area contributed by atoms with Crippen molar-refractivity contribution in [3.05, 3.63) is 65.0 Å². The summed E-state index contributed by atoms with van der Waals surface area (Å²) >= 11 is 0. The van der Waals surface area contributed by atoms with Crippen LogP contribution in [0, 0.1) is 6.92 Å². The number of benzene rings is 1. The van der Waals surface area contributed by atoms with Gasteiger partial charge in [0.15, 0.2) is 0 Å². The number of amides is 1. The molecule has 0 spiro atoms. The molecule has 3 heteroatoms. The van der Waals surface area contributed by atoms with Crippen LogP contribution in [-0.4, -0.2) is 10.9 Å². The zero-order valence-corrected chi connectivity index (χ0v) is 13.1. The molecule has 1 N–H and O–H groups in total. The molecule has 1 atom stereocenters. The van der Waals surface area contributed by atoms with Crippen LogP contribution in [0.25, 0.3) is 0 Å². The summed E-state index contributed by atoms with van der Waals surface area (Å²) in [5.74, 6) is 0.422. The summed E-state index contributed by atoms with van der Waals surface area (Å²) in [5.41, 5.74) is 3.91. The minimum Gasteiger partial charge on any atom is -0.345 e. The molecule has 110 valence electrons. The second-order valence-corrected chi connectivity index (χ2v) is 5.70. The van der Waals surface area contributed by atoms with E-state index >= 15 is 0 Å². The molecule has 2 aromatic rings. The Morgan fingerprint density at radius 3 is 2.14 bits per heavy atom. The molecule has 1 amide bonds. The maximum absolute atomic E-state index is 12.2. The maximum Gasteiger partial charge on any atom is 0.253 e. The Morgan fingerprint density at radius 1 is 1.00 bits per heavy atom. The van der Waals surface area contributed by atoms with Crippen molar-refractivity contribution in [2.24, 2.45) is 0 Å². The number of hydrogen-bond acceptors (Lipinski definition) is 2. The summed E-state index contributed by atoms with van der Waals surface area (Å²) in [4.78, 5) is 16.3. The highest BCUT2D eigenvalue weighted by molar-refractivity contribution is 5.94. The summed E-state index contributed by atoms with van der Waals surface area (Å²) in [6.45, 7) is 8.24. The number of nitrogens with zero attached hydrogens (tertiary/aromatic N) is 1. The minimum atomic E-state index is -0.0945. The first-order valence-corrected chi connectivity index (χ1v) is 7.30. The Kier molecular flexibility index (Phi) is 4.73. The average Bonchev–Trinajstić information content (AvgIpc) is 2.47. The molecule has 0 aliphatic heterocycles. The molecular weight excluding hydrogens is 260 g/mol. The second-order valence-electron chi connectivity index (χ2n) is 5.70. The van der Waals surface area contributed by atoms with E-state index in [0.29, 0.717) is 11.5 Å². The fourth-order valence-corrected chi connectivity index (χ4v) is 2.14. The average molecular weight is 282 g/mol. The van der Waals surface area contributed by atoms with Gasteiger partial charge in [0.05, 0.1) is 11.6 Å². The van der Waals surface area contributed by atoms with Gasteiger partial charge < -0.3 is 5.32 Å². The lowest BCUT2D eigenvalue weighted by molar-refractivity contribution is 0.0939. The highest BCUT2D eigenvalue weighted by Crippen LogP contribution is 2.18. The van der Waals surface area contributed by atoms with E-state index in [-0.39, 0.29) is 11.9 Å². The topological polar surface area (TPSA) is 42.0 Å². The summed E-state index contributed by atoms with van der Waals surface area (Å²) < 4.78 is 0. The van der Waals surface area contributed by atoms with Crippen LogP contribution in [-0.2, 0) is 0 Å². The predicted octanol–water partition coefficient (Wildman–Crippen LogP) is 4.00. The third-order valence-corrected chi connectivity index (χ3v) is 3.62. The van der Waals surface area contributed by atoms with E-state index in [0.717, 1.165) is 11.3 Å². The second kappa shape index (κ2) is 6.53. The molecule has 2 rings (SSSR count). The predicted molar refractivity (Wildman–Crippen MR) is 85.4 cm³/mol. The highest BCUT2D eigenvalue weighted by Gasteiger charge is 2.12. The summed E-state index contributed by atoms with van der Waals surface area (Å²) in [7, 11) is 0. The molecule has 21 heavy (non-hydrogen) atoms. The highest BCUT2D eigenvalue weighted by atomic mass is 16.1. The molecule has 0 aliphatic rings. The molecule has 1 aromatic carbocycles. The zero-order valence-electron chi connectivity index (χ0n) is 13.1. The third kappa shape index (κ3) is 3.91. The van der Waals surface area contributed by atoms with Gasteiger partial charge >= 0.3 is 0 Å².